The van der Waals surface area contributed by atoms with Crippen LogP contribution in [-0.2, 0) is 15.1 Å². The van der Waals surface area contributed by atoms with E-state index in [4.69, 9.17) is 4.42 Å². The Morgan fingerprint density at radius 1 is 1.07 bits per heavy atom. The molecule has 7 heteroatoms. The first-order chi connectivity index (χ1) is 14.4. The standard InChI is InChI=1S/C23H33N3O4/c1-16-13-14-19(30-16)23(2)21(28)25(22(29)24-23)15-20(27)26(17-9-5-3-6-10-17)18-11-7-4-8-12-18/h13-14,17-18H,3-12,15H2,1-2H3,(H,24,29). The molecule has 2 aliphatic carbocycles. The Morgan fingerprint density at radius 3 is 2.13 bits per heavy atom. The lowest BCUT2D eigenvalue weighted by Crippen LogP contribution is -2.53. The van der Waals surface area contributed by atoms with Crippen LogP contribution in [-0.4, -0.2) is 46.3 Å². The third-order valence-electron chi connectivity index (χ3n) is 7.03. The molecule has 0 spiro atoms. The summed E-state index contributed by atoms with van der Waals surface area (Å²) in [4.78, 5) is 42.4. The highest BCUT2D eigenvalue weighted by Gasteiger charge is 2.52. The van der Waals surface area contributed by atoms with E-state index in [-0.39, 0.29) is 24.5 Å². The second-order valence-corrected chi connectivity index (χ2v) is 9.24. The monoisotopic (exact) mass is 415 g/mol. The Balaban J connectivity index is 1.52. The maximum atomic E-state index is 13.5. The summed E-state index contributed by atoms with van der Waals surface area (Å²) in [5, 5.41) is 2.74. The van der Waals surface area contributed by atoms with Gasteiger partial charge in [0.15, 0.2) is 5.54 Å². The van der Waals surface area contributed by atoms with Crippen molar-refractivity contribution in [3.05, 3.63) is 23.7 Å². The number of carbonyl (C=O) groups is 3. The molecule has 4 amide bonds. The van der Waals surface area contributed by atoms with E-state index in [1.54, 1.807) is 26.0 Å². The molecule has 0 radical (unpaired) electrons. The fourth-order valence-corrected chi connectivity index (χ4v) is 5.35. The fraction of sp³-hybridized carbons (Fsp3) is 0.696. The maximum absolute atomic E-state index is 13.5. The van der Waals surface area contributed by atoms with Crippen molar-refractivity contribution in [2.24, 2.45) is 0 Å². The van der Waals surface area contributed by atoms with Gasteiger partial charge >= 0.3 is 6.03 Å². The maximum Gasteiger partial charge on any atom is 0.325 e. The second kappa shape index (κ2) is 8.44. The lowest BCUT2D eigenvalue weighted by atomic mass is 9.88. The highest BCUT2D eigenvalue weighted by molar-refractivity contribution is 6.08. The molecule has 4 rings (SSSR count). The number of hydrogen-bond acceptors (Lipinski definition) is 4. The van der Waals surface area contributed by atoms with Gasteiger partial charge in [-0.05, 0) is 51.7 Å². The number of aryl methyl sites for hydroxylation is 1. The highest BCUT2D eigenvalue weighted by Crippen LogP contribution is 2.33. The fourth-order valence-electron chi connectivity index (χ4n) is 5.35. The molecule has 7 nitrogen and oxygen atoms in total. The molecule has 1 N–H and O–H groups in total. The largest absolute Gasteiger partial charge is 0.463 e. The summed E-state index contributed by atoms with van der Waals surface area (Å²) in [6.07, 6.45) is 11.1. The quantitative estimate of drug-likeness (QED) is 0.741. The topological polar surface area (TPSA) is 82.9 Å². The van der Waals surface area contributed by atoms with Crippen LogP contribution in [0.15, 0.2) is 16.5 Å². The van der Waals surface area contributed by atoms with E-state index < -0.39 is 17.5 Å². The Bertz CT molecular complexity index is 789. The van der Waals surface area contributed by atoms with Gasteiger partial charge in [-0.3, -0.25) is 14.5 Å². The molecule has 1 aliphatic heterocycles. The Hall–Kier alpha value is -2.31. The normalized spacial score (nSPS) is 26.1. The molecule has 164 valence electrons. The van der Waals surface area contributed by atoms with Crippen LogP contribution in [0.5, 0.6) is 0 Å². The molecule has 3 aliphatic rings. The minimum Gasteiger partial charge on any atom is -0.463 e. The van der Waals surface area contributed by atoms with Gasteiger partial charge in [-0.25, -0.2) is 4.79 Å². The second-order valence-electron chi connectivity index (χ2n) is 9.24. The Labute approximate surface area is 178 Å². The van der Waals surface area contributed by atoms with Crippen LogP contribution in [0, 0.1) is 6.92 Å². The van der Waals surface area contributed by atoms with Gasteiger partial charge in [-0.1, -0.05) is 38.5 Å². The predicted octanol–water partition coefficient (Wildman–Crippen LogP) is 3.85. The van der Waals surface area contributed by atoms with E-state index in [1.807, 2.05) is 4.90 Å². The van der Waals surface area contributed by atoms with Gasteiger partial charge in [0.1, 0.15) is 18.1 Å². The van der Waals surface area contributed by atoms with Gasteiger partial charge in [0.2, 0.25) is 5.91 Å². The first-order valence-corrected chi connectivity index (χ1v) is 11.4. The first-order valence-electron chi connectivity index (χ1n) is 11.4. The van der Waals surface area contributed by atoms with E-state index in [1.165, 1.54) is 12.8 Å². The Morgan fingerprint density at radius 2 is 1.63 bits per heavy atom. The first kappa shape index (κ1) is 20.9. The molecular formula is C23H33N3O4. The summed E-state index contributed by atoms with van der Waals surface area (Å²) in [7, 11) is 0. The SMILES string of the molecule is Cc1ccc(C2(C)NC(=O)N(CC(=O)N(C3CCCCC3)C3CCCCC3)C2=O)o1. The summed E-state index contributed by atoms with van der Waals surface area (Å²) in [6.45, 7) is 3.23. The number of nitrogens with zero attached hydrogens (tertiary/aromatic N) is 2. The number of nitrogens with one attached hydrogen (secondary N) is 1. The van der Waals surface area contributed by atoms with Gasteiger partial charge in [0, 0.05) is 12.1 Å². The third kappa shape index (κ3) is 3.86. The molecule has 1 unspecified atom stereocenters. The summed E-state index contributed by atoms with van der Waals surface area (Å²) in [5.74, 6) is 0.535. The van der Waals surface area contributed by atoms with Gasteiger partial charge in [-0.2, -0.15) is 0 Å². The molecule has 1 aromatic rings. The molecule has 1 atom stereocenters. The summed E-state index contributed by atoms with van der Waals surface area (Å²) in [6, 6.07) is 3.40. The van der Waals surface area contributed by atoms with Crippen LogP contribution >= 0.6 is 0 Å². The molecule has 2 saturated carbocycles. The molecule has 2 heterocycles. The van der Waals surface area contributed by atoms with E-state index in [2.05, 4.69) is 5.32 Å². The predicted molar refractivity (Wildman–Crippen MR) is 112 cm³/mol. The zero-order valence-electron chi connectivity index (χ0n) is 18.1. The molecule has 0 aromatic carbocycles. The average molecular weight is 416 g/mol. The third-order valence-corrected chi connectivity index (χ3v) is 7.03. The van der Waals surface area contributed by atoms with Crippen molar-refractivity contribution in [1.29, 1.82) is 0 Å². The van der Waals surface area contributed by atoms with Crippen molar-refractivity contribution >= 4 is 17.8 Å². The van der Waals surface area contributed by atoms with Gasteiger partial charge < -0.3 is 14.6 Å². The van der Waals surface area contributed by atoms with E-state index in [9.17, 15) is 14.4 Å². The summed E-state index contributed by atoms with van der Waals surface area (Å²) in [5.41, 5.74) is -1.27. The smallest absolute Gasteiger partial charge is 0.325 e. The molecule has 1 aromatic heterocycles. The van der Waals surface area contributed by atoms with Crippen molar-refractivity contribution in [3.8, 4) is 0 Å². The van der Waals surface area contributed by atoms with Crippen LogP contribution in [0.1, 0.15) is 82.7 Å². The van der Waals surface area contributed by atoms with E-state index in [0.717, 1.165) is 56.3 Å². The minimum absolute atomic E-state index is 0.0998. The number of hydrogen-bond donors (Lipinski definition) is 1. The number of furan rings is 1. The van der Waals surface area contributed by atoms with Crippen LogP contribution in [0.25, 0.3) is 0 Å². The number of amides is 4. The minimum atomic E-state index is -1.27. The Kier molecular flexibility index (Phi) is 5.89. The van der Waals surface area contributed by atoms with Gasteiger partial charge in [0.05, 0.1) is 0 Å². The molecule has 30 heavy (non-hydrogen) atoms. The summed E-state index contributed by atoms with van der Waals surface area (Å²) < 4.78 is 5.62. The van der Waals surface area contributed by atoms with Gasteiger partial charge in [-0.15, -0.1) is 0 Å². The lowest BCUT2D eigenvalue weighted by molar-refractivity contribution is -0.143. The number of imide groups is 1. The van der Waals surface area contributed by atoms with Crippen LogP contribution in [0.3, 0.4) is 0 Å². The number of urea groups is 1. The van der Waals surface area contributed by atoms with Crippen molar-refractivity contribution < 1.29 is 18.8 Å². The zero-order valence-corrected chi connectivity index (χ0v) is 18.1. The highest BCUT2D eigenvalue weighted by atomic mass is 16.3. The molecular weight excluding hydrogens is 382 g/mol. The van der Waals surface area contributed by atoms with E-state index in [0.29, 0.717) is 11.5 Å². The van der Waals surface area contributed by atoms with Gasteiger partial charge in [0.25, 0.3) is 5.91 Å². The molecule has 0 bridgehead atoms. The molecule has 3 fully saturated rings. The summed E-state index contributed by atoms with van der Waals surface area (Å²) >= 11 is 0. The van der Waals surface area contributed by atoms with E-state index >= 15 is 0 Å². The number of rotatable bonds is 5. The zero-order chi connectivity index (χ0) is 21.3. The van der Waals surface area contributed by atoms with Crippen LogP contribution in [0.4, 0.5) is 4.79 Å². The van der Waals surface area contributed by atoms with Crippen molar-refractivity contribution in [1.82, 2.24) is 15.1 Å². The van der Waals surface area contributed by atoms with Crippen LogP contribution < -0.4 is 5.32 Å². The number of carbonyl (C=O) groups excluding carboxylic acids is 3. The average Bonchev–Trinajstić information content (AvgIpc) is 3.28. The molecule has 1 saturated heterocycles. The van der Waals surface area contributed by atoms with Crippen LogP contribution in [0.2, 0.25) is 0 Å². The van der Waals surface area contributed by atoms with Crippen molar-refractivity contribution in [2.45, 2.75) is 95.7 Å². The van der Waals surface area contributed by atoms with Crippen molar-refractivity contribution in [3.63, 3.8) is 0 Å². The van der Waals surface area contributed by atoms with Crippen molar-refractivity contribution in [2.75, 3.05) is 6.54 Å². The lowest BCUT2D eigenvalue weighted by Gasteiger charge is -2.42.